The fraction of sp³-hybridized carbons (Fsp3) is 1.00. The van der Waals surface area contributed by atoms with Crippen LogP contribution in [0.5, 0.6) is 0 Å². The standard InChI is InChI=1S/2C11H21N.C7H14N2.C6H12N2/c2*1-11(2,3)8-6-9-4-5-10(7-8)12-9;1-2-8-4-7-5-9-3-6(1)7;1-3-7-6-2-4-8-5(1)6/h2*8-10,12H,4-7H2,1-3H3;6-9H,1-5H2;5-8H,1-4H2/t;;6-,7+;5-,6-/m..11/s1. The number of piperidine rings is 3. The Labute approximate surface area is 253 Å². The van der Waals surface area contributed by atoms with E-state index in [4.69, 9.17) is 0 Å². The average molecular weight is 573 g/mol. The monoisotopic (exact) mass is 573 g/mol. The third kappa shape index (κ3) is 9.14. The molecule has 0 amide bonds. The highest BCUT2D eigenvalue weighted by atomic mass is 15.1. The fourth-order valence-corrected chi connectivity index (χ4v) is 9.21. The van der Waals surface area contributed by atoms with Crippen molar-refractivity contribution in [3.63, 3.8) is 0 Å². The van der Waals surface area contributed by atoms with E-state index in [0.717, 1.165) is 59.9 Å². The predicted molar refractivity (Wildman–Crippen MR) is 174 cm³/mol. The van der Waals surface area contributed by atoms with Gasteiger partial charge < -0.3 is 31.9 Å². The maximum absolute atomic E-state index is 3.69. The van der Waals surface area contributed by atoms with Crippen LogP contribution in [0.2, 0.25) is 0 Å². The molecule has 8 fully saturated rings. The molecule has 6 heteroatoms. The second-order valence-electron chi connectivity index (χ2n) is 17.2. The molecule has 8 rings (SSSR count). The van der Waals surface area contributed by atoms with E-state index < -0.39 is 0 Å². The molecule has 6 nitrogen and oxygen atoms in total. The molecule has 4 unspecified atom stereocenters. The van der Waals surface area contributed by atoms with Crippen LogP contribution in [-0.4, -0.2) is 75.5 Å². The molecule has 0 spiro atoms. The molecule has 6 N–H and O–H groups in total. The van der Waals surface area contributed by atoms with Crippen LogP contribution in [0.15, 0.2) is 0 Å². The third-order valence-corrected chi connectivity index (χ3v) is 12.2. The third-order valence-electron chi connectivity index (χ3n) is 12.2. The van der Waals surface area contributed by atoms with Crippen LogP contribution in [0.4, 0.5) is 0 Å². The highest BCUT2D eigenvalue weighted by Crippen LogP contribution is 2.41. The molecular weight excluding hydrogens is 504 g/mol. The van der Waals surface area contributed by atoms with Crippen molar-refractivity contribution < 1.29 is 0 Å². The quantitative estimate of drug-likeness (QED) is 0.254. The number of hydrogen-bond donors (Lipinski definition) is 6. The van der Waals surface area contributed by atoms with Crippen molar-refractivity contribution in [1.29, 1.82) is 0 Å². The molecular formula is C35H68N6. The van der Waals surface area contributed by atoms with Gasteiger partial charge in [-0.15, -0.1) is 0 Å². The van der Waals surface area contributed by atoms with Gasteiger partial charge in [-0.25, -0.2) is 0 Å². The van der Waals surface area contributed by atoms with E-state index in [2.05, 4.69) is 73.4 Å². The Bertz CT molecular complexity index is 693. The van der Waals surface area contributed by atoms with Crippen molar-refractivity contribution in [3.8, 4) is 0 Å². The zero-order valence-corrected chi connectivity index (χ0v) is 27.8. The fourth-order valence-electron chi connectivity index (χ4n) is 9.21. The van der Waals surface area contributed by atoms with Gasteiger partial charge >= 0.3 is 0 Å². The van der Waals surface area contributed by atoms with E-state index in [9.17, 15) is 0 Å². The molecule has 0 saturated carbocycles. The first-order valence-electron chi connectivity index (χ1n) is 17.9. The van der Waals surface area contributed by atoms with Crippen LogP contribution in [-0.2, 0) is 0 Å². The van der Waals surface area contributed by atoms with Gasteiger partial charge in [0.05, 0.1) is 0 Å². The second kappa shape index (κ2) is 14.2. The molecule has 8 atom stereocenters. The summed E-state index contributed by atoms with van der Waals surface area (Å²) in [6.07, 6.45) is 15.4. The Hall–Kier alpha value is -0.240. The highest BCUT2D eigenvalue weighted by Gasteiger charge is 2.39. The number of rotatable bonds is 0. The van der Waals surface area contributed by atoms with E-state index in [1.807, 2.05) is 0 Å². The van der Waals surface area contributed by atoms with Crippen LogP contribution >= 0.6 is 0 Å². The summed E-state index contributed by atoms with van der Waals surface area (Å²) in [5.74, 6) is 3.84. The van der Waals surface area contributed by atoms with E-state index in [1.54, 1.807) is 0 Å². The van der Waals surface area contributed by atoms with Gasteiger partial charge in [0.2, 0.25) is 0 Å². The van der Waals surface area contributed by atoms with Crippen molar-refractivity contribution in [1.82, 2.24) is 31.9 Å². The minimum atomic E-state index is 0.531. The Morgan fingerprint density at radius 3 is 1.27 bits per heavy atom. The van der Waals surface area contributed by atoms with Crippen molar-refractivity contribution in [3.05, 3.63) is 0 Å². The molecule has 41 heavy (non-hydrogen) atoms. The van der Waals surface area contributed by atoms with Crippen molar-refractivity contribution >= 4 is 0 Å². The first-order valence-corrected chi connectivity index (χ1v) is 17.9. The average Bonchev–Trinajstić information content (AvgIpc) is 3.75. The van der Waals surface area contributed by atoms with Gasteiger partial charge in [-0.3, -0.25) is 0 Å². The second-order valence-corrected chi connectivity index (χ2v) is 17.2. The van der Waals surface area contributed by atoms with Gasteiger partial charge in [0, 0.05) is 36.3 Å². The zero-order chi connectivity index (χ0) is 29.0. The summed E-state index contributed by atoms with van der Waals surface area (Å²) in [6.45, 7) is 21.8. The van der Waals surface area contributed by atoms with Gasteiger partial charge in [0.25, 0.3) is 0 Å². The van der Waals surface area contributed by atoms with Gasteiger partial charge in [-0.05, 0) is 144 Å². The van der Waals surface area contributed by atoms with Crippen molar-refractivity contribution in [2.75, 3.05) is 39.3 Å². The first-order chi connectivity index (χ1) is 19.5. The van der Waals surface area contributed by atoms with E-state index in [-0.39, 0.29) is 0 Å². The van der Waals surface area contributed by atoms with Crippen LogP contribution in [0.3, 0.4) is 0 Å². The molecule has 8 heterocycles. The summed E-state index contributed by atoms with van der Waals surface area (Å²) in [4.78, 5) is 0. The van der Waals surface area contributed by atoms with Gasteiger partial charge in [-0.2, -0.15) is 0 Å². The molecule has 0 aromatic rings. The van der Waals surface area contributed by atoms with E-state index >= 15 is 0 Å². The van der Waals surface area contributed by atoms with Crippen LogP contribution in [0.1, 0.15) is 112 Å². The first kappa shape index (κ1) is 32.2. The largest absolute Gasteiger partial charge is 0.316 e. The molecule has 4 bridgehead atoms. The van der Waals surface area contributed by atoms with Crippen LogP contribution < -0.4 is 31.9 Å². The summed E-state index contributed by atoms with van der Waals surface area (Å²) < 4.78 is 0. The zero-order valence-electron chi connectivity index (χ0n) is 27.8. The van der Waals surface area contributed by atoms with Gasteiger partial charge in [0.1, 0.15) is 0 Å². The minimum absolute atomic E-state index is 0.531. The minimum Gasteiger partial charge on any atom is -0.316 e. The SMILES string of the molecule is C1C[C@@H]2CNC[C@@H]2CN1.C1C[C@H]2NCC[C@H]2N1.CC(C)(C)C1CC2CCC(C1)N2.CC(C)(C)C1CC2CCC(C1)N2. The Morgan fingerprint density at radius 1 is 0.439 bits per heavy atom. The molecule has 238 valence electrons. The number of nitrogens with one attached hydrogen (secondary N) is 6. The maximum atomic E-state index is 3.69. The van der Waals surface area contributed by atoms with Crippen molar-refractivity contribution in [2.24, 2.45) is 34.5 Å². The normalized spacial score (nSPS) is 42.6. The lowest BCUT2D eigenvalue weighted by Gasteiger charge is -2.37. The Balaban J connectivity index is 0.000000111. The lowest BCUT2D eigenvalue weighted by molar-refractivity contribution is 0.157. The van der Waals surface area contributed by atoms with Crippen molar-refractivity contribution in [2.45, 2.75) is 148 Å². The number of fused-ring (bicyclic) bond motifs is 6. The summed E-state index contributed by atoms with van der Waals surface area (Å²) in [5.41, 5.74) is 1.06. The summed E-state index contributed by atoms with van der Waals surface area (Å²) in [7, 11) is 0. The molecule has 0 aliphatic carbocycles. The molecule has 8 aliphatic rings. The Morgan fingerprint density at radius 2 is 0.854 bits per heavy atom. The van der Waals surface area contributed by atoms with E-state index in [1.165, 1.54) is 110 Å². The lowest BCUT2D eigenvalue weighted by Crippen LogP contribution is -2.41. The summed E-state index contributed by atoms with van der Waals surface area (Å²) in [5, 5.41) is 21.1. The molecule has 0 radical (unpaired) electrons. The van der Waals surface area contributed by atoms with Gasteiger partial charge in [-0.1, -0.05) is 41.5 Å². The van der Waals surface area contributed by atoms with E-state index in [0.29, 0.717) is 10.8 Å². The molecule has 0 aromatic heterocycles. The van der Waals surface area contributed by atoms with Crippen LogP contribution in [0.25, 0.3) is 0 Å². The van der Waals surface area contributed by atoms with Crippen LogP contribution in [0, 0.1) is 34.5 Å². The molecule has 8 saturated heterocycles. The molecule has 0 aromatic carbocycles. The topological polar surface area (TPSA) is 72.2 Å². The predicted octanol–water partition coefficient (Wildman–Crippen LogP) is 4.65. The summed E-state index contributed by atoms with van der Waals surface area (Å²) >= 11 is 0. The number of hydrogen-bond acceptors (Lipinski definition) is 6. The maximum Gasteiger partial charge on any atom is 0.0233 e. The molecule has 8 aliphatic heterocycles. The smallest absolute Gasteiger partial charge is 0.0233 e. The highest BCUT2D eigenvalue weighted by molar-refractivity contribution is 4.96. The van der Waals surface area contributed by atoms with Gasteiger partial charge in [0.15, 0.2) is 0 Å². The Kier molecular flexibility index (Phi) is 11.2. The lowest BCUT2D eigenvalue weighted by atomic mass is 9.73. The summed E-state index contributed by atoms with van der Waals surface area (Å²) in [6, 6.07) is 5.05.